The number of carbonyl (C=O) groups is 3. The van der Waals surface area contributed by atoms with Crippen molar-refractivity contribution in [2.45, 2.75) is 13.8 Å². The van der Waals surface area contributed by atoms with Crippen LogP contribution in [-0.2, 0) is 16.6 Å². The molecule has 0 saturated carbocycles. The average molecular weight is 319 g/mol. The minimum atomic E-state index is -0.747. The summed E-state index contributed by atoms with van der Waals surface area (Å²) in [6, 6.07) is 1.68. The van der Waals surface area contributed by atoms with Gasteiger partial charge in [-0.3, -0.25) is 9.59 Å². The quantitative estimate of drug-likeness (QED) is 0.487. The Morgan fingerprint density at radius 2 is 1.70 bits per heavy atom. The molecule has 0 saturated heterocycles. The third kappa shape index (κ3) is 2.65. The molecule has 0 spiro atoms. The second kappa shape index (κ2) is 6.12. The van der Waals surface area contributed by atoms with Gasteiger partial charge >= 0.3 is 11.9 Å². The fraction of sp³-hybridized carbons (Fsp3) is 0.312. The second-order valence-electron chi connectivity index (χ2n) is 4.94. The largest absolute Gasteiger partial charge is 0.494 e. The number of carbonyl (C=O) groups excluding carboxylic acids is 3. The molecule has 0 amide bonds. The standard InChI is InChI=1S/C16H17NO6/c1-8(18)11-12(16(20)22-5)15(21-4)13-10(6-7-17(13)3)14(11)23-9(2)19/h6-7H,1-5H3. The van der Waals surface area contributed by atoms with E-state index in [-0.39, 0.29) is 22.6 Å². The molecule has 1 aromatic carbocycles. The van der Waals surface area contributed by atoms with E-state index in [1.165, 1.54) is 28.1 Å². The molecule has 7 heteroatoms. The van der Waals surface area contributed by atoms with Gasteiger partial charge in [0.15, 0.2) is 17.3 Å². The summed E-state index contributed by atoms with van der Waals surface area (Å²) in [6.07, 6.45) is 1.71. The topological polar surface area (TPSA) is 83.8 Å². The van der Waals surface area contributed by atoms with Crippen molar-refractivity contribution in [2.75, 3.05) is 14.2 Å². The van der Waals surface area contributed by atoms with Crippen LogP contribution in [-0.4, -0.2) is 36.5 Å². The Balaban J connectivity index is 3.06. The van der Waals surface area contributed by atoms with E-state index >= 15 is 0 Å². The summed E-state index contributed by atoms with van der Waals surface area (Å²) in [5, 5.41) is 0.498. The summed E-state index contributed by atoms with van der Waals surface area (Å²) in [4.78, 5) is 35.8. The Kier molecular flexibility index (Phi) is 4.40. The van der Waals surface area contributed by atoms with Crippen LogP contribution in [0.2, 0.25) is 0 Å². The fourth-order valence-electron chi connectivity index (χ4n) is 2.56. The molecular weight excluding hydrogens is 302 g/mol. The fourth-order valence-corrected chi connectivity index (χ4v) is 2.56. The molecule has 2 aromatic rings. The van der Waals surface area contributed by atoms with Crippen LogP contribution in [0, 0.1) is 0 Å². The van der Waals surface area contributed by atoms with Crippen LogP contribution in [0.4, 0.5) is 0 Å². The molecule has 122 valence electrons. The number of fused-ring (bicyclic) bond motifs is 1. The van der Waals surface area contributed by atoms with Crippen LogP contribution in [0.25, 0.3) is 10.9 Å². The molecule has 1 heterocycles. The van der Waals surface area contributed by atoms with Crippen molar-refractivity contribution in [3.05, 3.63) is 23.4 Å². The number of ether oxygens (including phenoxy) is 3. The van der Waals surface area contributed by atoms with Gasteiger partial charge in [0.05, 0.1) is 25.3 Å². The van der Waals surface area contributed by atoms with E-state index in [0.717, 1.165) is 0 Å². The maximum atomic E-state index is 12.2. The van der Waals surface area contributed by atoms with Gasteiger partial charge in [0.2, 0.25) is 0 Å². The molecule has 2 rings (SSSR count). The molecule has 7 nitrogen and oxygen atoms in total. The molecular formula is C16H17NO6. The van der Waals surface area contributed by atoms with Crippen molar-refractivity contribution in [2.24, 2.45) is 7.05 Å². The first kappa shape index (κ1) is 16.5. The summed E-state index contributed by atoms with van der Waals surface area (Å²) >= 11 is 0. The minimum Gasteiger partial charge on any atom is -0.494 e. The number of rotatable bonds is 4. The van der Waals surface area contributed by atoms with E-state index in [9.17, 15) is 14.4 Å². The molecule has 0 aliphatic carbocycles. The molecule has 0 aliphatic heterocycles. The number of ketones is 1. The summed E-state index contributed by atoms with van der Waals surface area (Å²) in [6.45, 7) is 2.50. The van der Waals surface area contributed by atoms with E-state index in [2.05, 4.69) is 0 Å². The first-order chi connectivity index (χ1) is 10.8. The summed E-state index contributed by atoms with van der Waals surface area (Å²) in [5.74, 6) is -1.56. The number of aromatic nitrogens is 1. The molecule has 0 bridgehead atoms. The molecule has 23 heavy (non-hydrogen) atoms. The maximum absolute atomic E-state index is 12.2. The predicted octanol–water partition coefficient (Wildman–Crippen LogP) is 2.10. The Bertz CT molecular complexity index is 818. The SMILES string of the molecule is COC(=O)c1c(C(C)=O)c(OC(C)=O)c2ccn(C)c2c1OC. The Morgan fingerprint density at radius 1 is 1.04 bits per heavy atom. The minimum absolute atomic E-state index is 0.0294. The van der Waals surface area contributed by atoms with Crippen molar-refractivity contribution >= 4 is 28.6 Å². The molecule has 0 atom stereocenters. The zero-order valence-corrected chi connectivity index (χ0v) is 13.6. The second-order valence-corrected chi connectivity index (χ2v) is 4.94. The highest BCUT2D eigenvalue weighted by Crippen LogP contribution is 2.42. The smallest absolute Gasteiger partial charge is 0.342 e. The number of Topliss-reactive ketones (excluding diaryl/α,β-unsaturated/α-hetero) is 1. The predicted molar refractivity (Wildman–Crippen MR) is 82.1 cm³/mol. The molecule has 1 aromatic heterocycles. The molecule has 0 aliphatic rings. The number of hydrogen-bond donors (Lipinski definition) is 0. The van der Waals surface area contributed by atoms with E-state index in [4.69, 9.17) is 14.2 Å². The summed E-state index contributed by atoms with van der Waals surface area (Å²) < 4.78 is 17.1. The van der Waals surface area contributed by atoms with Gasteiger partial charge in [-0.25, -0.2) is 4.79 Å². The molecule has 0 fully saturated rings. The Morgan fingerprint density at radius 3 is 2.17 bits per heavy atom. The molecule has 0 N–H and O–H groups in total. The number of benzene rings is 1. The third-order valence-electron chi connectivity index (χ3n) is 3.43. The van der Waals surface area contributed by atoms with Gasteiger partial charge < -0.3 is 18.8 Å². The zero-order chi connectivity index (χ0) is 17.3. The third-order valence-corrected chi connectivity index (χ3v) is 3.43. The first-order valence-electron chi connectivity index (χ1n) is 6.80. The highest BCUT2D eigenvalue weighted by atomic mass is 16.5. The lowest BCUT2D eigenvalue weighted by molar-refractivity contribution is -0.131. The van der Waals surface area contributed by atoms with E-state index < -0.39 is 17.7 Å². The normalized spacial score (nSPS) is 10.5. The van der Waals surface area contributed by atoms with Gasteiger partial charge in [-0.1, -0.05) is 0 Å². The lowest BCUT2D eigenvalue weighted by Gasteiger charge is -2.17. The number of aryl methyl sites for hydroxylation is 1. The van der Waals surface area contributed by atoms with Gasteiger partial charge in [0.25, 0.3) is 0 Å². The Labute approximate surface area is 132 Å². The van der Waals surface area contributed by atoms with Gasteiger partial charge in [-0.2, -0.15) is 0 Å². The maximum Gasteiger partial charge on any atom is 0.342 e. The molecule has 0 unspecified atom stereocenters. The van der Waals surface area contributed by atoms with E-state index in [0.29, 0.717) is 10.9 Å². The summed E-state index contributed by atoms with van der Waals surface area (Å²) in [5.41, 5.74) is 0.421. The van der Waals surface area contributed by atoms with Crippen molar-refractivity contribution < 1.29 is 28.6 Å². The van der Waals surface area contributed by atoms with Crippen LogP contribution in [0.5, 0.6) is 11.5 Å². The van der Waals surface area contributed by atoms with E-state index in [1.54, 1.807) is 23.9 Å². The van der Waals surface area contributed by atoms with Crippen molar-refractivity contribution in [3.63, 3.8) is 0 Å². The highest BCUT2D eigenvalue weighted by molar-refractivity contribution is 6.15. The monoisotopic (exact) mass is 319 g/mol. The van der Waals surface area contributed by atoms with Crippen molar-refractivity contribution in [3.8, 4) is 11.5 Å². The Hall–Kier alpha value is -2.83. The van der Waals surface area contributed by atoms with Gasteiger partial charge in [0, 0.05) is 25.6 Å². The molecule has 0 radical (unpaired) electrons. The summed E-state index contributed by atoms with van der Waals surface area (Å²) in [7, 11) is 4.34. The lowest BCUT2D eigenvalue weighted by Crippen LogP contribution is -2.15. The van der Waals surface area contributed by atoms with Crippen LogP contribution in [0.15, 0.2) is 12.3 Å². The van der Waals surface area contributed by atoms with Crippen LogP contribution < -0.4 is 9.47 Å². The first-order valence-corrected chi connectivity index (χ1v) is 6.80. The van der Waals surface area contributed by atoms with Gasteiger partial charge in [0.1, 0.15) is 5.56 Å². The highest BCUT2D eigenvalue weighted by Gasteiger charge is 2.30. The number of hydrogen-bond acceptors (Lipinski definition) is 6. The number of methoxy groups -OCH3 is 2. The number of nitrogens with zero attached hydrogens (tertiary/aromatic N) is 1. The van der Waals surface area contributed by atoms with Crippen LogP contribution >= 0.6 is 0 Å². The van der Waals surface area contributed by atoms with Crippen molar-refractivity contribution in [1.82, 2.24) is 4.57 Å². The number of esters is 2. The van der Waals surface area contributed by atoms with Gasteiger partial charge in [-0.15, -0.1) is 0 Å². The van der Waals surface area contributed by atoms with Crippen LogP contribution in [0.1, 0.15) is 34.6 Å². The van der Waals surface area contributed by atoms with E-state index in [1.807, 2.05) is 0 Å². The van der Waals surface area contributed by atoms with Gasteiger partial charge in [-0.05, 0) is 13.0 Å². The zero-order valence-electron chi connectivity index (χ0n) is 13.6. The lowest BCUT2D eigenvalue weighted by atomic mass is 9.98. The van der Waals surface area contributed by atoms with Crippen LogP contribution in [0.3, 0.4) is 0 Å². The van der Waals surface area contributed by atoms with Crippen molar-refractivity contribution in [1.29, 1.82) is 0 Å². The average Bonchev–Trinajstić information content (AvgIpc) is 2.87.